The Balaban J connectivity index is 3.00. The number of aromatic nitrogens is 10. The van der Waals surface area contributed by atoms with Crippen LogP contribution in [0.2, 0.25) is 0 Å². The second kappa shape index (κ2) is 3.94. The van der Waals surface area contributed by atoms with Crippen LogP contribution < -0.4 is 0 Å². The summed E-state index contributed by atoms with van der Waals surface area (Å²) >= 11 is 0. The highest BCUT2D eigenvalue weighted by molar-refractivity contribution is 3.84. The van der Waals surface area contributed by atoms with Crippen LogP contribution >= 0.6 is 0 Å². The van der Waals surface area contributed by atoms with Crippen molar-refractivity contribution in [3.05, 3.63) is 0 Å². The third-order valence-corrected chi connectivity index (χ3v) is 0.400. The number of nitrogens with zero attached hydrogens (tertiary/aromatic N) is 10. The average Bonchev–Trinajstić information content (AvgIpc) is 2.01. The molecule has 0 radical (unpaired) electrons. The molecule has 0 aliphatic carbocycles. The van der Waals surface area contributed by atoms with Crippen LogP contribution in [0.4, 0.5) is 0 Å². The van der Waals surface area contributed by atoms with Gasteiger partial charge in [0.15, 0.2) is 0 Å². The van der Waals surface area contributed by atoms with Gasteiger partial charge in [-0.1, -0.05) is 0 Å². The van der Waals surface area contributed by atoms with E-state index in [1.807, 2.05) is 0 Å². The van der Waals surface area contributed by atoms with Gasteiger partial charge in [0.2, 0.25) is 0 Å². The van der Waals surface area contributed by atoms with Crippen LogP contribution in [0.1, 0.15) is 0 Å². The third-order valence-electron chi connectivity index (χ3n) is 0.400. The van der Waals surface area contributed by atoms with E-state index in [0.717, 1.165) is 0 Å². The lowest BCUT2D eigenvalue weighted by Crippen LogP contribution is -1.96. The molecule has 0 fully saturated rings. The van der Waals surface area contributed by atoms with E-state index in [1.165, 1.54) is 0 Å². The minimum atomic E-state index is 3.00. The van der Waals surface area contributed by atoms with Gasteiger partial charge in [0.1, 0.15) is 0 Å². The topological polar surface area (TPSA) is 129 Å². The van der Waals surface area contributed by atoms with Gasteiger partial charge in [0, 0.05) is 52.1 Å². The first-order valence-corrected chi connectivity index (χ1v) is 2.00. The second-order valence-electron chi connectivity index (χ2n) is 0.894. The van der Waals surface area contributed by atoms with Crippen molar-refractivity contribution in [3.8, 4) is 0 Å². The second-order valence-corrected chi connectivity index (χ2v) is 0.894. The fourth-order valence-electron chi connectivity index (χ4n) is 0.179. The zero-order chi connectivity index (χ0) is 7.07. The predicted molar refractivity (Wildman–Crippen MR) is 22.0 cm³/mol. The number of rotatable bonds is 0. The molecule has 0 aromatic carbocycles. The normalized spacial score (nSPS) is 8.00. The zero-order valence-corrected chi connectivity index (χ0v) is 4.47. The molecule has 50 valence electrons. The van der Waals surface area contributed by atoms with Crippen molar-refractivity contribution in [3.63, 3.8) is 0 Å². The van der Waals surface area contributed by atoms with Gasteiger partial charge in [0.05, 0.1) is 0 Å². The van der Waals surface area contributed by atoms with Crippen LogP contribution in [0.3, 0.4) is 0 Å². The molecule has 1 aromatic rings. The number of hydrogen-bond acceptors (Lipinski definition) is 10. The molecule has 0 aliphatic rings. The molecule has 0 amide bonds. The van der Waals surface area contributed by atoms with Crippen molar-refractivity contribution in [2.75, 3.05) is 0 Å². The van der Waals surface area contributed by atoms with E-state index in [4.69, 9.17) is 0 Å². The van der Waals surface area contributed by atoms with Crippen molar-refractivity contribution in [2.24, 2.45) is 0 Å². The Kier molecular flexibility index (Phi) is 2.41. The predicted octanol–water partition coefficient (Wildman–Crippen LogP) is -3.24. The Morgan fingerprint density at radius 2 is 0.300 bits per heavy atom. The van der Waals surface area contributed by atoms with E-state index < -0.39 is 0 Å². The summed E-state index contributed by atoms with van der Waals surface area (Å²) < 4.78 is 0. The summed E-state index contributed by atoms with van der Waals surface area (Å²) in [5.41, 5.74) is 0. The van der Waals surface area contributed by atoms with Crippen LogP contribution in [0.25, 0.3) is 0 Å². The quantitative estimate of drug-likeness (QED) is 0.362. The number of hydrogen-bond donors (Lipinski definition) is 0. The van der Waals surface area contributed by atoms with Crippen LogP contribution in [-0.4, -0.2) is 52.1 Å². The van der Waals surface area contributed by atoms with E-state index in [9.17, 15) is 0 Å². The maximum atomic E-state index is 3.00. The van der Waals surface area contributed by atoms with Crippen LogP contribution in [0.5, 0.6) is 0 Å². The fraction of sp³-hybridized carbons (Fsp3) is 0. The lowest BCUT2D eigenvalue weighted by Gasteiger charge is -1.63. The molecule has 0 N–H and O–H groups in total. The van der Waals surface area contributed by atoms with Gasteiger partial charge in [-0.25, -0.2) is 0 Å². The van der Waals surface area contributed by atoms with Crippen molar-refractivity contribution in [1.82, 2.24) is 52.1 Å². The molecular weight excluding hydrogens is 140 g/mol. The summed E-state index contributed by atoms with van der Waals surface area (Å²) in [5, 5.41) is 30.0. The monoisotopic (exact) mass is 140 g/mol. The Labute approximate surface area is 53.4 Å². The first-order chi connectivity index (χ1) is 5.00. The standard InChI is InChI=1S/N10/c1-2-4-6-8-10-9-7-5-3-1. The van der Waals surface area contributed by atoms with Crippen molar-refractivity contribution in [2.45, 2.75) is 0 Å². The van der Waals surface area contributed by atoms with Crippen molar-refractivity contribution >= 4 is 0 Å². The van der Waals surface area contributed by atoms with E-state index in [-0.39, 0.29) is 0 Å². The van der Waals surface area contributed by atoms with E-state index in [2.05, 4.69) is 52.1 Å². The molecule has 1 aromatic heterocycles. The van der Waals surface area contributed by atoms with Crippen LogP contribution in [0.15, 0.2) is 0 Å². The van der Waals surface area contributed by atoms with E-state index >= 15 is 0 Å². The van der Waals surface area contributed by atoms with Crippen LogP contribution in [0, 0.1) is 0 Å². The van der Waals surface area contributed by atoms with Crippen molar-refractivity contribution < 1.29 is 0 Å². The summed E-state index contributed by atoms with van der Waals surface area (Å²) in [6.07, 6.45) is 0. The minimum absolute atomic E-state index is 3.00. The van der Waals surface area contributed by atoms with Gasteiger partial charge in [-0.15, -0.1) is 0 Å². The third kappa shape index (κ3) is 2.34. The molecule has 1 rings (SSSR count). The summed E-state index contributed by atoms with van der Waals surface area (Å²) in [5.74, 6) is 0. The molecule has 0 saturated heterocycles. The molecule has 0 spiro atoms. The molecule has 0 saturated carbocycles. The molecule has 0 aliphatic heterocycles. The Hall–Kier alpha value is -2.00. The highest BCUT2D eigenvalue weighted by atomic mass is 15.6. The summed E-state index contributed by atoms with van der Waals surface area (Å²) in [6.45, 7) is 0. The van der Waals surface area contributed by atoms with E-state index in [1.54, 1.807) is 0 Å². The highest BCUT2D eigenvalue weighted by Crippen LogP contribution is 1.32. The minimum Gasteiger partial charge on any atom is 0 e. The maximum absolute atomic E-state index is 3.00. The first-order valence-electron chi connectivity index (χ1n) is 2.00. The van der Waals surface area contributed by atoms with Crippen LogP contribution in [-0.2, 0) is 0 Å². The molecule has 10 heteroatoms. The average molecular weight is 140 g/mol. The van der Waals surface area contributed by atoms with Gasteiger partial charge >= 0.3 is 0 Å². The summed E-state index contributed by atoms with van der Waals surface area (Å²) in [6, 6.07) is 0. The SMILES string of the molecule is n1nnnnnnnnn1. The van der Waals surface area contributed by atoms with Gasteiger partial charge < -0.3 is 0 Å². The Morgan fingerprint density at radius 3 is 0.400 bits per heavy atom. The Bertz CT molecular complexity index is 139. The lowest BCUT2D eigenvalue weighted by molar-refractivity contribution is 0.570. The smallest absolute Gasteiger partial charge is 0 e. The molecule has 0 atom stereocenters. The maximum Gasteiger partial charge on any atom is 0 e. The lowest BCUT2D eigenvalue weighted by atomic mass is 12.4. The first kappa shape index (κ1) is 6.12. The molecule has 0 bridgehead atoms. The van der Waals surface area contributed by atoms with Crippen molar-refractivity contribution in [1.29, 1.82) is 0 Å². The van der Waals surface area contributed by atoms with Gasteiger partial charge in [-0.3, -0.25) is 0 Å². The fourth-order valence-corrected chi connectivity index (χ4v) is 0.179. The van der Waals surface area contributed by atoms with Gasteiger partial charge in [-0.2, -0.15) is 0 Å². The van der Waals surface area contributed by atoms with E-state index in [0.29, 0.717) is 0 Å². The largest absolute Gasteiger partial charge is 0 e. The van der Waals surface area contributed by atoms with Gasteiger partial charge in [-0.05, 0) is 0 Å². The molecular formula is N10. The summed E-state index contributed by atoms with van der Waals surface area (Å²) in [4.78, 5) is 0. The highest BCUT2D eigenvalue weighted by Gasteiger charge is 1.64. The molecule has 1 heterocycles. The molecule has 0 unspecified atom stereocenters. The molecule has 10 nitrogen and oxygen atoms in total. The Morgan fingerprint density at radius 1 is 0.200 bits per heavy atom. The zero-order valence-electron chi connectivity index (χ0n) is 4.47. The van der Waals surface area contributed by atoms with Gasteiger partial charge in [0.25, 0.3) is 0 Å². The molecule has 10 heavy (non-hydrogen) atoms. The summed E-state index contributed by atoms with van der Waals surface area (Å²) in [7, 11) is 0.